The first-order valence-electron chi connectivity index (χ1n) is 4.43. The third-order valence-corrected chi connectivity index (χ3v) is 2.41. The van der Waals surface area contributed by atoms with Gasteiger partial charge in [-0.05, 0) is 12.1 Å². The molecule has 0 bridgehead atoms. The zero-order valence-electron chi connectivity index (χ0n) is 7.93. The molecule has 2 rings (SSSR count). The van der Waals surface area contributed by atoms with E-state index >= 15 is 0 Å². The predicted octanol–water partition coefficient (Wildman–Crippen LogP) is 2.97. The van der Waals surface area contributed by atoms with E-state index in [0.29, 0.717) is 0 Å². The normalized spacial score (nSPS) is 10.4. The lowest BCUT2D eigenvalue weighted by molar-refractivity contribution is 0.511. The van der Waals surface area contributed by atoms with Crippen molar-refractivity contribution in [1.82, 2.24) is 4.98 Å². The molecule has 0 aliphatic heterocycles. The molecule has 0 spiro atoms. The first-order valence-corrected chi connectivity index (χ1v) is 4.80. The van der Waals surface area contributed by atoms with Gasteiger partial charge in [-0.1, -0.05) is 23.7 Å². The highest BCUT2D eigenvalue weighted by atomic mass is 35.5. The van der Waals surface area contributed by atoms with Crippen molar-refractivity contribution >= 4 is 11.6 Å². The second kappa shape index (κ2) is 4.06. The lowest BCUT2D eigenvalue weighted by Crippen LogP contribution is -2.04. The first-order chi connectivity index (χ1) is 7.59. The Hall–Kier alpha value is -1.68. The summed E-state index contributed by atoms with van der Waals surface area (Å²) < 4.78 is 26.4. The number of benzene rings is 1. The fourth-order valence-electron chi connectivity index (χ4n) is 1.37. The summed E-state index contributed by atoms with van der Waals surface area (Å²) in [6, 6.07) is 6.32. The van der Waals surface area contributed by atoms with Crippen LogP contribution >= 0.6 is 11.6 Å². The van der Waals surface area contributed by atoms with Crippen LogP contribution in [0.5, 0.6) is 0 Å². The fourth-order valence-corrected chi connectivity index (χ4v) is 1.63. The van der Waals surface area contributed by atoms with Gasteiger partial charge >= 0.3 is 0 Å². The van der Waals surface area contributed by atoms with E-state index in [1.54, 1.807) is 0 Å². The maximum absolute atomic E-state index is 13.4. The molecule has 1 aromatic carbocycles. The lowest BCUT2D eigenvalue weighted by atomic mass is 10.1. The van der Waals surface area contributed by atoms with Crippen LogP contribution in [0.2, 0.25) is 5.15 Å². The second-order valence-corrected chi connectivity index (χ2v) is 3.53. The molecule has 0 saturated heterocycles. The first kappa shape index (κ1) is 10.8. The van der Waals surface area contributed by atoms with Crippen LogP contribution in [-0.2, 0) is 0 Å². The summed E-state index contributed by atoms with van der Waals surface area (Å²) in [4.78, 5) is 13.2. The average Bonchev–Trinajstić information content (AvgIpc) is 2.23. The molecule has 0 saturated carbocycles. The Morgan fingerprint density at radius 2 is 1.81 bits per heavy atom. The molecule has 0 aliphatic carbocycles. The SMILES string of the molecule is O=c1ccc(-c2cccc(F)c2F)c(Cl)[nH]1. The number of nitrogens with one attached hydrogen (secondary N) is 1. The number of aromatic amines is 1. The number of halogens is 3. The number of aromatic nitrogens is 1. The van der Waals surface area contributed by atoms with Crippen molar-refractivity contribution in [3.8, 4) is 11.1 Å². The van der Waals surface area contributed by atoms with Gasteiger partial charge in [0.05, 0.1) is 0 Å². The highest BCUT2D eigenvalue weighted by molar-refractivity contribution is 6.32. The monoisotopic (exact) mass is 241 g/mol. The smallest absolute Gasteiger partial charge is 0.249 e. The van der Waals surface area contributed by atoms with Gasteiger partial charge in [0.2, 0.25) is 5.56 Å². The summed E-state index contributed by atoms with van der Waals surface area (Å²) >= 11 is 5.74. The summed E-state index contributed by atoms with van der Waals surface area (Å²) in [5.41, 5.74) is -0.134. The van der Waals surface area contributed by atoms with Crippen LogP contribution in [0.25, 0.3) is 11.1 Å². The second-order valence-electron chi connectivity index (χ2n) is 3.15. The fraction of sp³-hybridized carbons (Fsp3) is 0. The summed E-state index contributed by atoms with van der Waals surface area (Å²) in [6.45, 7) is 0. The highest BCUT2D eigenvalue weighted by Crippen LogP contribution is 2.28. The Kier molecular flexibility index (Phi) is 2.75. The van der Waals surface area contributed by atoms with Crippen LogP contribution in [-0.4, -0.2) is 4.98 Å². The summed E-state index contributed by atoms with van der Waals surface area (Å²) in [5.74, 6) is -1.95. The van der Waals surface area contributed by atoms with Gasteiger partial charge in [-0.3, -0.25) is 4.79 Å². The Morgan fingerprint density at radius 3 is 2.50 bits per heavy atom. The number of hydrogen-bond acceptors (Lipinski definition) is 1. The minimum Gasteiger partial charge on any atom is -0.312 e. The topological polar surface area (TPSA) is 32.9 Å². The zero-order valence-corrected chi connectivity index (χ0v) is 8.68. The van der Waals surface area contributed by atoms with Crippen LogP contribution < -0.4 is 5.56 Å². The van der Waals surface area contributed by atoms with Gasteiger partial charge in [0.1, 0.15) is 5.15 Å². The Bertz CT molecular complexity index is 595. The Morgan fingerprint density at radius 1 is 1.06 bits per heavy atom. The molecular weight excluding hydrogens is 236 g/mol. The van der Waals surface area contributed by atoms with Gasteiger partial charge in [-0.15, -0.1) is 0 Å². The van der Waals surface area contributed by atoms with E-state index in [2.05, 4.69) is 4.98 Å². The van der Waals surface area contributed by atoms with Crippen molar-refractivity contribution in [3.05, 3.63) is 57.5 Å². The van der Waals surface area contributed by atoms with Crippen LogP contribution in [0.1, 0.15) is 0 Å². The van der Waals surface area contributed by atoms with E-state index in [0.717, 1.165) is 6.07 Å². The van der Waals surface area contributed by atoms with Crippen LogP contribution in [0, 0.1) is 11.6 Å². The van der Waals surface area contributed by atoms with Crippen molar-refractivity contribution in [2.45, 2.75) is 0 Å². The quantitative estimate of drug-likeness (QED) is 0.765. The Labute approximate surface area is 94.5 Å². The maximum atomic E-state index is 13.4. The standard InChI is InChI=1S/C11H6ClF2NO/c12-11-7(4-5-9(16)15-11)6-2-1-3-8(13)10(6)14/h1-5H,(H,15,16). The maximum Gasteiger partial charge on any atom is 0.249 e. The van der Waals surface area contributed by atoms with E-state index < -0.39 is 17.2 Å². The van der Waals surface area contributed by atoms with Gasteiger partial charge in [-0.25, -0.2) is 8.78 Å². The van der Waals surface area contributed by atoms with Gasteiger partial charge in [0, 0.05) is 17.2 Å². The van der Waals surface area contributed by atoms with E-state index in [1.165, 1.54) is 24.3 Å². The molecule has 0 radical (unpaired) electrons. The molecule has 0 unspecified atom stereocenters. The van der Waals surface area contributed by atoms with E-state index in [9.17, 15) is 13.6 Å². The molecule has 5 heteroatoms. The van der Waals surface area contributed by atoms with E-state index in [1.807, 2.05) is 0 Å². The number of H-pyrrole nitrogens is 1. The van der Waals surface area contributed by atoms with Crippen molar-refractivity contribution in [1.29, 1.82) is 0 Å². The number of pyridine rings is 1. The van der Waals surface area contributed by atoms with Crippen LogP contribution in [0.3, 0.4) is 0 Å². The largest absolute Gasteiger partial charge is 0.312 e. The van der Waals surface area contributed by atoms with Crippen molar-refractivity contribution in [2.75, 3.05) is 0 Å². The molecule has 0 atom stereocenters. The van der Waals surface area contributed by atoms with Gasteiger partial charge in [-0.2, -0.15) is 0 Å². The molecule has 0 aliphatic rings. The molecule has 82 valence electrons. The molecule has 2 aromatic rings. The summed E-state index contributed by atoms with van der Waals surface area (Å²) in [5, 5.41) is -0.0167. The minimum atomic E-state index is -0.989. The Balaban J connectivity index is 2.68. The van der Waals surface area contributed by atoms with Crippen molar-refractivity contribution < 1.29 is 8.78 Å². The summed E-state index contributed by atoms with van der Waals surface area (Å²) in [6.07, 6.45) is 0. The number of rotatable bonds is 1. The van der Waals surface area contributed by atoms with Crippen molar-refractivity contribution in [3.63, 3.8) is 0 Å². The molecule has 1 aromatic heterocycles. The average molecular weight is 242 g/mol. The van der Waals surface area contributed by atoms with Gasteiger partial charge in [0.25, 0.3) is 0 Å². The van der Waals surface area contributed by atoms with E-state index in [-0.39, 0.29) is 16.3 Å². The molecule has 0 fully saturated rings. The zero-order chi connectivity index (χ0) is 11.7. The molecule has 2 nitrogen and oxygen atoms in total. The van der Waals surface area contributed by atoms with Gasteiger partial charge < -0.3 is 4.98 Å². The van der Waals surface area contributed by atoms with Gasteiger partial charge in [0.15, 0.2) is 11.6 Å². The molecule has 1 heterocycles. The third-order valence-electron chi connectivity index (χ3n) is 2.11. The van der Waals surface area contributed by atoms with Crippen LogP contribution in [0.4, 0.5) is 8.78 Å². The third kappa shape index (κ3) is 1.84. The molecular formula is C11H6ClF2NO. The predicted molar refractivity (Wildman–Crippen MR) is 57.4 cm³/mol. The highest BCUT2D eigenvalue weighted by Gasteiger charge is 2.12. The summed E-state index contributed by atoms with van der Waals surface area (Å²) in [7, 11) is 0. The number of hydrogen-bond donors (Lipinski definition) is 1. The molecule has 16 heavy (non-hydrogen) atoms. The van der Waals surface area contributed by atoms with Crippen molar-refractivity contribution in [2.24, 2.45) is 0 Å². The minimum absolute atomic E-state index is 0.0150. The van der Waals surface area contributed by atoms with E-state index in [4.69, 9.17) is 11.6 Å². The molecule has 1 N–H and O–H groups in total. The molecule has 0 amide bonds. The lowest BCUT2D eigenvalue weighted by Gasteiger charge is -2.05. The van der Waals surface area contributed by atoms with Crippen LogP contribution in [0.15, 0.2) is 35.1 Å².